The molecule has 0 atom stereocenters. The van der Waals surface area contributed by atoms with Crippen LogP contribution in [0, 0.1) is 5.82 Å². The minimum atomic E-state index is -0.367. The molecule has 0 aliphatic carbocycles. The standard InChI is InChI=1S/C15H10FN3OS/c16-11-2-1-3-12(9-11)18-14-13(21-15(20)19-14)8-10-4-6-17-7-5-10/h1-9H,(H,18,19,20)/b13-8+. The van der Waals surface area contributed by atoms with Crippen molar-refractivity contribution in [1.29, 1.82) is 0 Å². The smallest absolute Gasteiger partial charge is 0.289 e. The van der Waals surface area contributed by atoms with Crippen LogP contribution >= 0.6 is 11.8 Å². The highest BCUT2D eigenvalue weighted by Crippen LogP contribution is 2.28. The molecular weight excluding hydrogens is 289 g/mol. The fourth-order valence-corrected chi connectivity index (χ4v) is 2.53. The first kappa shape index (κ1) is 13.5. The Kier molecular flexibility index (Phi) is 3.79. The highest BCUT2D eigenvalue weighted by Gasteiger charge is 2.23. The van der Waals surface area contributed by atoms with Gasteiger partial charge in [-0.15, -0.1) is 0 Å². The van der Waals surface area contributed by atoms with E-state index in [1.165, 1.54) is 12.1 Å². The number of halogens is 1. The molecule has 2 heterocycles. The normalized spacial score (nSPS) is 18.2. The predicted molar refractivity (Wildman–Crippen MR) is 81.8 cm³/mol. The van der Waals surface area contributed by atoms with Gasteiger partial charge in [-0.05, 0) is 53.7 Å². The number of aromatic nitrogens is 1. The lowest BCUT2D eigenvalue weighted by molar-refractivity contribution is 0.265. The van der Waals surface area contributed by atoms with Gasteiger partial charge in [-0.1, -0.05) is 6.07 Å². The summed E-state index contributed by atoms with van der Waals surface area (Å²) in [5.74, 6) is 0.0564. The molecule has 1 amide bonds. The fourth-order valence-electron chi connectivity index (χ4n) is 1.80. The lowest BCUT2D eigenvalue weighted by Crippen LogP contribution is -2.18. The lowest BCUT2D eigenvalue weighted by Gasteiger charge is -2.00. The molecule has 1 aromatic heterocycles. The van der Waals surface area contributed by atoms with E-state index in [0.717, 1.165) is 17.3 Å². The first-order chi connectivity index (χ1) is 10.2. The molecule has 104 valence electrons. The van der Waals surface area contributed by atoms with Crippen LogP contribution in [0.2, 0.25) is 0 Å². The van der Waals surface area contributed by atoms with Crippen molar-refractivity contribution < 1.29 is 9.18 Å². The molecular formula is C15H10FN3OS. The second kappa shape index (κ2) is 5.88. The number of benzene rings is 1. The molecule has 1 N–H and O–H groups in total. The zero-order valence-electron chi connectivity index (χ0n) is 10.8. The monoisotopic (exact) mass is 299 g/mol. The molecule has 1 aliphatic rings. The van der Waals surface area contributed by atoms with Gasteiger partial charge in [0.05, 0.1) is 10.6 Å². The van der Waals surface area contributed by atoms with E-state index in [2.05, 4.69) is 15.3 Å². The number of carbonyl (C=O) groups is 1. The number of thioether (sulfide) groups is 1. The van der Waals surface area contributed by atoms with Crippen LogP contribution in [-0.4, -0.2) is 16.1 Å². The number of carbonyl (C=O) groups excluding carboxylic acids is 1. The lowest BCUT2D eigenvalue weighted by atomic mass is 10.2. The second-order valence-corrected chi connectivity index (χ2v) is 5.26. The summed E-state index contributed by atoms with van der Waals surface area (Å²) in [6.07, 6.45) is 5.18. The Morgan fingerprint density at radius 3 is 2.81 bits per heavy atom. The van der Waals surface area contributed by atoms with Gasteiger partial charge in [0, 0.05) is 12.4 Å². The largest absolute Gasteiger partial charge is 0.300 e. The summed E-state index contributed by atoms with van der Waals surface area (Å²) in [6.45, 7) is 0. The third kappa shape index (κ3) is 3.35. The number of hydrogen-bond acceptors (Lipinski definition) is 4. The van der Waals surface area contributed by atoms with E-state index >= 15 is 0 Å². The third-order valence-corrected chi connectivity index (χ3v) is 3.53. The van der Waals surface area contributed by atoms with Gasteiger partial charge < -0.3 is 5.32 Å². The van der Waals surface area contributed by atoms with E-state index in [4.69, 9.17) is 0 Å². The van der Waals surface area contributed by atoms with Crippen LogP contribution in [0.4, 0.5) is 14.9 Å². The third-order valence-electron chi connectivity index (χ3n) is 2.71. The van der Waals surface area contributed by atoms with Crippen LogP contribution < -0.4 is 5.32 Å². The van der Waals surface area contributed by atoms with Crippen LogP contribution in [0.25, 0.3) is 6.08 Å². The van der Waals surface area contributed by atoms with Crippen molar-refractivity contribution in [2.75, 3.05) is 0 Å². The first-order valence-electron chi connectivity index (χ1n) is 6.16. The van der Waals surface area contributed by atoms with Crippen molar-refractivity contribution in [1.82, 2.24) is 10.3 Å². The molecule has 0 unspecified atom stereocenters. The van der Waals surface area contributed by atoms with Gasteiger partial charge >= 0.3 is 0 Å². The topological polar surface area (TPSA) is 54.4 Å². The number of aliphatic imine (C=N–C) groups is 1. The summed E-state index contributed by atoms with van der Waals surface area (Å²) < 4.78 is 13.2. The number of nitrogens with one attached hydrogen (secondary N) is 1. The Bertz CT molecular complexity index is 744. The Morgan fingerprint density at radius 1 is 1.24 bits per heavy atom. The van der Waals surface area contributed by atoms with Crippen LogP contribution in [0.15, 0.2) is 58.7 Å². The number of nitrogens with zero attached hydrogens (tertiary/aromatic N) is 2. The van der Waals surface area contributed by atoms with E-state index < -0.39 is 0 Å². The molecule has 1 saturated heterocycles. The average Bonchev–Trinajstić information content (AvgIpc) is 2.80. The molecule has 1 aromatic carbocycles. The Morgan fingerprint density at radius 2 is 2.05 bits per heavy atom. The van der Waals surface area contributed by atoms with Gasteiger partial charge in [0.1, 0.15) is 11.7 Å². The maximum absolute atomic E-state index is 13.2. The van der Waals surface area contributed by atoms with E-state index in [-0.39, 0.29) is 11.1 Å². The quantitative estimate of drug-likeness (QED) is 0.919. The number of pyridine rings is 1. The second-order valence-electron chi connectivity index (χ2n) is 4.24. The predicted octanol–water partition coefficient (Wildman–Crippen LogP) is 3.75. The van der Waals surface area contributed by atoms with E-state index in [9.17, 15) is 9.18 Å². The van der Waals surface area contributed by atoms with Crippen molar-refractivity contribution in [2.24, 2.45) is 4.99 Å². The molecule has 4 nitrogen and oxygen atoms in total. The Labute approximate surface area is 124 Å². The molecule has 0 spiro atoms. The van der Waals surface area contributed by atoms with Gasteiger partial charge in [0.15, 0.2) is 0 Å². The highest BCUT2D eigenvalue weighted by atomic mass is 32.2. The molecule has 6 heteroatoms. The summed E-state index contributed by atoms with van der Waals surface area (Å²) in [5, 5.41) is 2.46. The zero-order valence-corrected chi connectivity index (χ0v) is 11.6. The summed E-state index contributed by atoms with van der Waals surface area (Å²) in [6, 6.07) is 9.57. The molecule has 21 heavy (non-hydrogen) atoms. The maximum atomic E-state index is 13.2. The van der Waals surface area contributed by atoms with Crippen molar-refractivity contribution in [3.8, 4) is 0 Å². The van der Waals surface area contributed by atoms with Crippen molar-refractivity contribution in [2.45, 2.75) is 0 Å². The van der Waals surface area contributed by atoms with Gasteiger partial charge in [-0.25, -0.2) is 9.38 Å². The van der Waals surface area contributed by atoms with E-state index in [1.54, 1.807) is 24.5 Å². The molecule has 1 aliphatic heterocycles. The number of amides is 1. The van der Waals surface area contributed by atoms with Crippen LogP contribution in [0.1, 0.15) is 5.56 Å². The van der Waals surface area contributed by atoms with E-state index in [0.29, 0.717) is 16.4 Å². The summed E-state index contributed by atoms with van der Waals surface area (Å²) >= 11 is 1.06. The minimum absolute atomic E-state index is 0.203. The maximum Gasteiger partial charge on any atom is 0.289 e. The van der Waals surface area contributed by atoms with Gasteiger partial charge in [-0.3, -0.25) is 9.78 Å². The minimum Gasteiger partial charge on any atom is -0.300 e. The van der Waals surface area contributed by atoms with Crippen molar-refractivity contribution >= 4 is 34.6 Å². The van der Waals surface area contributed by atoms with Crippen LogP contribution in [0.5, 0.6) is 0 Å². The highest BCUT2D eigenvalue weighted by molar-refractivity contribution is 8.18. The number of rotatable bonds is 2. The summed E-state index contributed by atoms with van der Waals surface area (Å²) in [7, 11) is 0. The molecule has 2 aromatic rings. The first-order valence-corrected chi connectivity index (χ1v) is 6.97. The zero-order chi connectivity index (χ0) is 14.7. The van der Waals surface area contributed by atoms with Gasteiger partial charge in [0.25, 0.3) is 5.24 Å². The van der Waals surface area contributed by atoms with Crippen LogP contribution in [0.3, 0.4) is 0 Å². The fraction of sp³-hybridized carbons (Fsp3) is 0. The molecule has 0 radical (unpaired) electrons. The molecule has 0 bridgehead atoms. The number of hydrogen-bond donors (Lipinski definition) is 1. The average molecular weight is 299 g/mol. The molecule has 1 fully saturated rings. The van der Waals surface area contributed by atoms with Gasteiger partial charge in [-0.2, -0.15) is 0 Å². The Hall–Kier alpha value is -2.47. The Balaban J connectivity index is 1.96. The van der Waals surface area contributed by atoms with Crippen LogP contribution in [-0.2, 0) is 0 Å². The molecule has 3 rings (SSSR count). The SMILES string of the molecule is O=C1NC(=Nc2cccc(F)c2)/C(=C\c2ccncc2)S1. The van der Waals surface area contributed by atoms with Crippen molar-refractivity contribution in [3.63, 3.8) is 0 Å². The number of amidine groups is 1. The summed E-state index contributed by atoms with van der Waals surface area (Å²) in [5.41, 5.74) is 1.37. The van der Waals surface area contributed by atoms with Gasteiger partial charge in [0.2, 0.25) is 0 Å². The van der Waals surface area contributed by atoms with Crippen molar-refractivity contribution in [3.05, 3.63) is 65.1 Å². The molecule has 0 saturated carbocycles. The van der Waals surface area contributed by atoms with E-state index in [1.807, 2.05) is 18.2 Å². The summed E-state index contributed by atoms with van der Waals surface area (Å²) in [4.78, 5) is 20.5.